The molecular formula is C27H26N6O2. The zero-order valence-electron chi connectivity index (χ0n) is 19.8. The van der Waals surface area contributed by atoms with Gasteiger partial charge in [0.25, 0.3) is 5.56 Å². The predicted octanol–water partition coefficient (Wildman–Crippen LogP) is 4.44. The van der Waals surface area contributed by atoms with Crippen LogP contribution in [0.2, 0.25) is 0 Å². The number of aromatic nitrogens is 5. The molecule has 0 radical (unpaired) electrons. The lowest BCUT2D eigenvalue weighted by Gasteiger charge is -2.15. The summed E-state index contributed by atoms with van der Waals surface area (Å²) < 4.78 is 4.84. The minimum atomic E-state index is -0.825. The van der Waals surface area contributed by atoms with E-state index in [9.17, 15) is 9.59 Å². The monoisotopic (exact) mass is 466 g/mol. The molecule has 3 aromatic heterocycles. The quantitative estimate of drug-likeness (QED) is 0.401. The highest BCUT2D eigenvalue weighted by Crippen LogP contribution is 2.25. The van der Waals surface area contributed by atoms with Gasteiger partial charge in [0, 0.05) is 18.1 Å². The Morgan fingerprint density at radius 2 is 1.66 bits per heavy atom. The fraction of sp³-hybridized carbons (Fsp3) is 0.185. The molecule has 0 fully saturated rings. The average molecular weight is 467 g/mol. The van der Waals surface area contributed by atoms with Crippen LogP contribution in [0.1, 0.15) is 31.1 Å². The topological polar surface area (TPSA) is 86.7 Å². The number of hydrogen-bond donors (Lipinski definition) is 1. The molecule has 1 amide bonds. The Balaban J connectivity index is 1.62. The third kappa shape index (κ3) is 4.03. The van der Waals surface area contributed by atoms with Crippen LogP contribution in [0.15, 0.2) is 83.9 Å². The smallest absolute Gasteiger partial charge is 0.280 e. The van der Waals surface area contributed by atoms with E-state index in [1.807, 2.05) is 83.7 Å². The summed E-state index contributed by atoms with van der Waals surface area (Å²) in [6.07, 6.45) is 4.65. The summed E-state index contributed by atoms with van der Waals surface area (Å²) in [5.41, 5.74) is 3.37. The fourth-order valence-electron chi connectivity index (χ4n) is 4.14. The summed E-state index contributed by atoms with van der Waals surface area (Å²) in [5.74, 6) is 0.281. The third-order valence-electron chi connectivity index (χ3n) is 6.11. The van der Waals surface area contributed by atoms with Crippen LogP contribution in [0, 0.1) is 6.92 Å². The Bertz CT molecular complexity index is 1550. The van der Waals surface area contributed by atoms with Crippen molar-refractivity contribution < 1.29 is 4.79 Å². The zero-order chi connectivity index (χ0) is 24.5. The Morgan fingerprint density at radius 3 is 2.31 bits per heavy atom. The molecule has 8 nitrogen and oxygen atoms in total. The second kappa shape index (κ2) is 9.06. The average Bonchev–Trinajstić information content (AvgIpc) is 3.55. The summed E-state index contributed by atoms with van der Waals surface area (Å²) >= 11 is 0. The van der Waals surface area contributed by atoms with Gasteiger partial charge >= 0.3 is 0 Å². The van der Waals surface area contributed by atoms with E-state index < -0.39 is 6.04 Å². The molecule has 5 aromatic rings. The number of hydrogen-bond acceptors (Lipinski definition) is 4. The van der Waals surface area contributed by atoms with Crippen LogP contribution in [-0.4, -0.2) is 30.0 Å². The number of benzene rings is 2. The Morgan fingerprint density at radius 1 is 0.971 bits per heavy atom. The summed E-state index contributed by atoms with van der Waals surface area (Å²) in [5, 5.41) is 12.5. The van der Waals surface area contributed by atoms with E-state index in [2.05, 4.69) is 17.3 Å². The Labute approximate surface area is 202 Å². The van der Waals surface area contributed by atoms with Crippen LogP contribution in [0.3, 0.4) is 0 Å². The van der Waals surface area contributed by atoms with Gasteiger partial charge in [-0.3, -0.25) is 9.59 Å². The molecule has 8 heteroatoms. The zero-order valence-corrected chi connectivity index (χ0v) is 19.8. The molecule has 0 spiro atoms. The van der Waals surface area contributed by atoms with E-state index >= 15 is 0 Å². The molecule has 2 aromatic carbocycles. The molecule has 0 saturated heterocycles. The number of carbonyl (C=O) groups is 1. The van der Waals surface area contributed by atoms with Gasteiger partial charge in [0.05, 0.1) is 11.4 Å². The molecular weight excluding hydrogens is 440 g/mol. The Kier molecular flexibility index (Phi) is 5.78. The van der Waals surface area contributed by atoms with E-state index in [4.69, 9.17) is 5.10 Å². The molecule has 1 N–H and O–H groups in total. The normalized spacial score (nSPS) is 12.1. The van der Waals surface area contributed by atoms with Crippen LogP contribution in [0.5, 0.6) is 0 Å². The SMILES string of the molecule is CCc1ccc(NC(=O)[C@H](C)n2nc(C)c3nn(-c4ccccc4)c(-n4cccc4)c3c2=O)cc1. The molecule has 0 aliphatic carbocycles. The number of fused-ring (bicyclic) bond motifs is 1. The minimum Gasteiger partial charge on any atom is -0.324 e. The van der Waals surface area contributed by atoms with Gasteiger partial charge in [-0.25, -0.2) is 9.36 Å². The van der Waals surface area contributed by atoms with E-state index in [0.717, 1.165) is 12.1 Å². The summed E-state index contributed by atoms with van der Waals surface area (Å²) in [4.78, 5) is 26.8. The lowest BCUT2D eigenvalue weighted by atomic mass is 10.1. The maximum atomic E-state index is 13.8. The first kappa shape index (κ1) is 22.3. The van der Waals surface area contributed by atoms with Gasteiger partial charge in [-0.1, -0.05) is 37.3 Å². The van der Waals surface area contributed by atoms with Gasteiger partial charge in [-0.2, -0.15) is 10.2 Å². The first-order chi connectivity index (χ1) is 17.0. The molecule has 35 heavy (non-hydrogen) atoms. The van der Waals surface area contributed by atoms with Gasteiger partial charge < -0.3 is 9.88 Å². The molecule has 0 aliphatic rings. The second-order valence-corrected chi connectivity index (χ2v) is 8.44. The lowest BCUT2D eigenvalue weighted by molar-refractivity contribution is -0.119. The number of amides is 1. The molecule has 0 aliphatic heterocycles. The van der Waals surface area contributed by atoms with E-state index in [1.54, 1.807) is 18.5 Å². The maximum Gasteiger partial charge on any atom is 0.280 e. The molecule has 0 bridgehead atoms. The molecule has 0 saturated carbocycles. The van der Waals surface area contributed by atoms with Crippen LogP contribution in [-0.2, 0) is 11.2 Å². The third-order valence-corrected chi connectivity index (χ3v) is 6.11. The van der Waals surface area contributed by atoms with E-state index in [-0.39, 0.29) is 11.5 Å². The van der Waals surface area contributed by atoms with Crippen molar-refractivity contribution in [2.24, 2.45) is 0 Å². The van der Waals surface area contributed by atoms with Gasteiger partial charge in [-0.05, 0) is 62.2 Å². The van der Waals surface area contributed by atoms with Crippen LogP contribution < -0.4 is 10.9 Å². The Hall–Kier alpha value is -4.46. The molecule has 0 unspecified atom stereocenters. The number of carbonyl (C=O) groups excluding carboxylic acids is 1. The van der Waals surface area contributed by atoms with Gasteiger partial charge in [0.2, 0.25) is 5.91 Å². The van der Waals surface area contributed by atoms with Crippen molar-refractivity contribution in [3.8, 4) is 11.5 Å². The number of para-hydroxylation sites is 1. The minimum absolute atomic E-state index is 0.319. The van der Waals surface area contributed by atoms with Crippen molar-refractivity contribution in [2.45, 2.75) is 33.2 Å². The van der Waals surface area contributed by atoms with Crippen molar-refractivity contribution in [2.75, 3.05) is 5.32 Å². The molecule has 176 valence electrons. The lowest BCUT2D eigenvalue weighted by Crippen LogP contribution is -2.34. The summed E-state index contributed by atoms with van der Waals surface area (Å²) in [6, 6.07) is 20.3. The second-order valence-electron chi connectivity index (χ2n) is 8.44. The first-order valence-corrected chi connectivity index (χ1v) is 11.6. The molecule has 3 heterocycles. The van der Waals surface area contributed by atoms with Crippen LogP contribution in [0.4, 0.5) is 5.69 Å². The van der Waals surface area contributed by atoms with Crippen molar-refractivity contribution >= 4 is 22.5 Å². The first-order valence-electron chi connectivity index (χ1n) is 11.6. The maximum absolute atomic E-state index is 13.8. The highest BCUT2D eigenvalue weighted by Gasteiger charge is 2.25. The fourth-order valence-corrected chi connectivity index (χ4v) is 4.14. The largest absolute Gasteiger partial charge is 0.324 e. The number of nitrogens with one attached hydrogen (secondary N) is 1. The molecule has 1 atom stereocenters. The summed E-state index contributed by atoms with van der Waals surface area (Å²) in [7, 11) is 0. The number of rotatable bonds is 6. The highest BCUT2D eigenvalue weighted by atomic mass is 16.2. The molecule has 5 rings (SSSR count). The summed E-state index contributed by atoms with van der Waals surface area (Å²) in [6.45, 7) is 5.55. The standard InChI is InChI=1S/C27H26N6O2/c1-4-20-12-14-21(15-13-20)28-25(34)19(3)32-27(35)23-24(18(2)29-32)30-33(22-10-6-5-7-11-22)26(23)31-16-8-9-17-31/h5-17,19H,4H2,1-3H3,(H,28,34)/t19-/m0/s1. The predicted molar refractivity (Wildman–Crippen MR) is 136 cm³/mol. The van der Waals surface area contributed by atoms with E-state index in [1.165, 1.54) is 10.2 Å². The van der Waals surface area contributed by atoms with Crippen molar-refractivity contribution in [1.82, 2.24) is 24.1 Å². The number of aryl methyl sites for hydroxylation is 2. The number of nitrogens with zero attached hydrogens (tertiary/aromatic N) is 5. The van der Waals surface area contributed by atoms with Crippen molar-refractivity contribution in [1.29, 1.82) is 0 Å². The van der Waals surface area contributed by atoms with Crippen molar-refractivity contribution in [3.63, 3.8) is 0 Å². The highest BCUT2D eigenvalue weighted by molar-refractivity contribution is 5.94. The van der Waals surface area contributed by atoms with Gasteiger partial charge in [0.1, 0.15) is 16.9 Å². The van der Waals surface area contributed by atoms with Crippen LogP contribution in [0.25, 0.3) is 22.4 Å². The van der Waals surface area contributed by atoms with Crippen LogP contribution >= 0.6 is 0 Å². The van der Waals surface area contributed by atoms with Gasteiger partial charge in [-0.15, -0.1) is 0 Å². The van der Waals surface area contributed by atoms with Gasteiger partial charge in [0.15, 0.2) is 5.82 Å². The van der Waals surface area contributed by atoms with Crippen molar-refractivity contribution in [3.05, 3.63) is 101 Å². The van der Waals surface area contributed by atoms with E-state index in [0.29, 0.717) is 28.1 Å². The number of anilines is 1.